The topological polar surface area (TPSA) is 72.2 Å². The number of benzene rings is 1. The number of hydrogen-bond acceptors (Lipinski definition) is 5. The number of nitrogens with zero attached hydrogens (tertiary/aromatic N) is 4. The number of carbonyl (C=O) groups is 1. The second-order valence-corrected chi connectivity index (χ2v) is 7.44. The van der Waals surface area contributed by atoms with Gasteiger partial charge in [0.1, 0.15) is 0 Å². The number of fused-ring (bicyclic) bond motifs is 1. The smallest absolute Gasteiger partial charge is 0.318 e. The van der Waals surface area contributed by atoms with E-state index in [0.29, 0.717) is 9.39 Å². The highest BCUT2D eigenvalue weighted by molar-refractivity contribution is 7.13. The largest absolute Gasteiger partial charge is 0.433 e. The predicted molar refractivity (Wildman–Crippen MR) is 104 cm³/mol. The van der Waals surface area contributed by atoms with E-state index in [2.05, 4.69) is 20.4 Å². The van der Waals surface area contributed by atoms with E-state index in [9.17, 15) is 18.0 Å². The summed E-state index contributed by atoms with van der Waals surface area (Å²) < 4.78 is 41.1. The molecule has 1 amide bonds. The van der Waals surface area contributed by atoms with Crippen LogP contribution >= 0.6 is 34.5 Å². The highest BCUT2D eigenvalue weighted by Gasteiger charge is 2.36. The molecule has 148 valence electrons. The lowest BCUT2D eigenvalue weighted by Crippen LogP contribution is -2.16. The van der Waals surface area contributed by atoms with E-state index in [4.69, 9.17) is 23.2 Å². The third kappa shape index (κ3) is 3.78. The molecule has 0 unspecified atom stereocenters. The van der Waals surface area contributed by atoms with Crippen molar-refractivity contribution < 1.29 is 18.0 Å². The van der Waals surface area contributed by atoms with Crippen LogP contribution in [0.4, 0.5) is 18.9 Å². The highest BCUT2D eigenvalue weighted by Crippen LogP contribution is 2.33. The summed E-state index contributed by atoms with van der Waals surface area (Å²) in [4.78, 5) is 21.0. The van der Waals surface area contributed by atoms with Crippen LogP contribution in [0.3, 0.4) is 0 Å². The maximum atomic E-state index is 13.5. The molecule has 1 aromatic carbocycles. The van der Waals surface area contributed by atoms with Gasteiger partial charge in [0.25, 0.3) is 11.7 Å². The average Bonchev–Trinajstić information content (AvgIpc) is 3.33. The van der Waals surface area contributed by atoms with E-state index in [1.54, 1.807) is 23.6 Å². The molecule has 0 saturated carbocycles. The van der Waals surface area contributed by atoms with Crippen molar-refractivity contribution in [3.05, 3.63) is 63.3 Å². The van der Waals surface area contributed by atoms with Crippen molar-refractivity contribution in [1.82, 2.24) is 19.6 Å². The van der Waals surface area contributed by atoms with Gasteiger partial charge >= 0.3 is 6.18 Å². The standard InChI is InChI=1S/C17H8Cl2F3N5OS/c18-8-3-1-4-9(13(8)19)23-15(28)14-25-16-24-10(11-5-2-6-29-11)7-12(17(20,21)22)27(16)26-14/h1-7H,(H,23,28). The maximum Gasteiger partial charge on any atom is 0.433 e. The van der Waals surface area contributed by atoms with Gasteiger partial charge in [0, 0.05) is 0 Å². The fourth-order valence-corrected chi connectivity index (χ4v) is 3.53. The van der Waals surface area contributed by atoms with Crippen molar-refractivity contribution in [3.8, 4) is 10.6 Å². The number of carbonyl (C=O) groups excluding carboxylic acids is 1. The zero-order valence-electron chi connectivity index (χ0n) is 14.0. The molecule has 0 aliphatic rings. The van der Waals surface area contributed by atoms with Crippen molar-refractivity contribution >= 4 is 51.9 Å². The lowest BCUT2D eigenvalue weighted by molar-refractivity contribution is -0.142. The Balaban J connectivity index is 1.78. The molecular weight excluding hydrogens is 450 g/mol. The minimum Gasteiger partial charge on any atom is -0.318 e. The third-order valence-corrected chi connectivity index (χ3v) is 5.49. The number of nitrogens with one attached hydrogen (secondary N) is 1. The molecule has 3 heterocycles. The van der Waals surface area contributed by atoms with Gasteiger partial charge in [-0.3, -0.25) is 4.79 Å². The second-order valence-electron chi connectivity index (χ2n) is 5.70. The summed E-state index contributed by atoms with van der Waals surface area (Å²) in [5.41, 5.74) is -0.846. The van der Waals surface area contributed by atoms with Gasteiger partial charge in [-0.15, -0.1) is 16.4 Å². The minimum absolute atomic E-state index is 0.0806. The zero-order valence-corrected chi connectivity index (χ0v) is 16.4. The number of hydrogen-bond donors (Lipinski definition) is 1. The lowest BCUT2D eigenvalue weighted by atomic mass is 10.3. The summed E-state index contributed by atoms with van der Waals surface area (Å²) in [6.45, 7) is 0. The molecule has 0 fully saturated rings. The van der Waals surface area contributed by atoms with Crippen LogP contribution in [-0.4, -0.2) is 25.5 Å². The fourth-order valence-electron chi connectivity index (χ4n) is 2.50. The van der Waals surface area contributed by atoms with E-state index in [1.165, 1.54) is 23.5 Å². The molecule has 3 aromatic heterocycles. The Morgan fingerprint density at radius 1 is 1.14 bits per heavy atom. The number of anilines is 1. The van der Waals surface area contributed by atoms with Crippen LogP contribution in [0.2, 0.25) is 10.0 Å². The maximum absolute atomic E-state index is 13.5. The molecule has 4 rings (SSSR count). The highest BCUT2D eigenvalue weighted by atomic mass is 35.5. The molecule has 0 aliphatic carbocycles. The Morgan fingerprint density at radius 3 is 2.62 bits per heavy atom. The van der Waals surface area contributed by atoms with Crippen molar-refractivity contribution in [2.24, 2.45) is 0 Å². The summed E-state index contributed by atoms with van der Waals surface area (Å²) in [6.07, 6.45) is -4.73. The van der Waals surface area contributed by atoms with E-state index >= 15 is 0 Å². The molecule has 0 bridgehead atoms. The number of halogens is 5. The quantitative estimate of drug-likeness (QED) is 0.445. The van der Waals surface area contributed by atoms with Crippen LogP contribution in [0.5, 0.6) is 0 Å². The average molecular weight is 458 g/mol. The Labute approximate surface area is 174 Å². The van der Waals surface area contributed by atoms with Crippen molar-refractivity contribution in [1.29, 1.82) is 0 Å². The Hall–Kier alpha value is -2.69. The Bertz CT molecular complexity index is 1220. The van der Waals surface area contributed by atoms with Gasteiger partial charge < -0.3 is 5.32 Å². The number of aromatic nitrogens is 4. The normalized spacial score (nSPS) is 11.8. The molecule has 1 N–H and O–H groups in total. The van der Waals surface area contributed by atoms with E-state index < -0.39 is 23.6 Å². The first-order chi connectivity index (χ1) is 13.7. The molecule has 29 heavy (non-hydrogen) atoms. The third-order valence-electron chi connectivity index (χ3n) is 3.78. The fraction of sp³-hybridized carbons (Fsp3) is 0.0588. The molecule has 0 atom stereocenters. The van der Waals surface area contributed by atoms with Crippen LogP contribution in [0.25, 0.3) is 16.3 Å². The molecule has 6 nitrogen and oxygen atoms in total. The molecule has 0 aliphatic heterocycles. The number of amides is 1. The summed E-state index contributed by atoms with van der Waals surface area (Å²) in [7, 11) is 0. The van der Waals surface area contributed by atoms with Gasteiger partial charge in [-0.25, -0.2) is 4.98 Å². The van der Waals surface area contributed by atoms with Crippen LogP contribution in [0.15, 0.2) is 41.8 Å². The molecule has 0 saturated heterocycles. The van der Waals surface area contributed by atoms with E-state index in [1.807, 2.05) is 0 Å². The SMILES string of the molecule is O=C(Nc1cccc(Cl)c1Cl)c1nc2nc(-c3cccs3)cc(C(F)(F)F)n2n1. The second kappa shape index (κ2) is 7.29. The van der Waals surface area contributed by atoms with Crippen LogP contribution in [0.1, 0.15) is 16.3 Å². The lowest BCUT2D eigenvalue weighted by Gasteiger charge is -2.09. The van der Waals surface area contributed by atoms with Crippen molar-refractivity contribution in [3.63, 3.8) is 0 Å². The zero-order chi connectivity index (χ0) is 20.8. The molecule has 12 heteroatoms. The molecule has 4 aromatic rings. The number of alkyl halides is 3. The number of thiophene rings is 1. The van der Waals surface area contributed by atoms with E-state index in [-0.39, 0.29) is 27.2 Å². The summed E-state index contributed by atoms with van der Waals surface area (Å²) in [5, 5.41) is 8.12. The van der Waals surface area contributed by atoms with Gasteiger partial charge in [0.2, 0.25) is 5.82 Å². The van der Waals surface area contributed by atoms with Gasteiger partial charge in [-0.05, 0) is 29.6 Å². The van der Waals surface area contributed by atoms with Gasteiger partial charge in [0.05, 0.1) is 26.3 Å². The summed E-state index contributed by atoms with van der Waals surface area (Å²) >= 11 is 13.1. The molecular formula is C17H8Cl2F3N5OS. The molecule has 0 radical (unpaired) electrons. The molecule has 0 spiro atoms. The van der Waals surface area contributed by atoms with Gasteiger partial charge in [-0.2, -0.15) is 22.7 Å². The first-order valence-electron chi connectivity index (χ1n) is 7.88. The first-order valence-corrected chi connectivity index (χ1v) is 9.52. The van der Waals surface area contributed by atoms with Crippen LogP contribution in [0, 0.1) is 0 Å². The Kier molecular flexibility index (Phi) is 4.93. The van der Waals surface area contributed by atoms with Crippen molar-refractivity contribution in [2.75, 3.05) is 5.32 Å². The summed E-state index contributed by atoms with van der Waals surface area (Å²) in [5.74, 6) is -1.71. The monoisotopic (exact) mass is 457 g/mol. The van der Waals surface area contributed by atoms with Crippen LogP contribution in [-0.2, 0) is 6.18 Å². The minimum atomic E-state index is -4.73. The predicted octanol–water partition coefficient (Wildman–Crippen LogP) is 5.43. The first kappa shape index (κ1) is 19.6. The number of rotatable bonds is 3. The van der Waals surface area contributed by atoms with Gasteiger partial charge in [-0.1, -0.05) is 35.3 Å². The van der Waals surface area contributed by atoms with Gasteiger partial charge in [0.15, 0.2) is 5.69 Å². The Morgan fingerprint density at radius 2 is 1.93 bits per heavy atom. The van der Waals surface area contributed by atoms with E-state index in [0.717, 1.165) is 6.07 Å². The van der Waals surface area contributed by atoms with Crippen LogP contribution < -0.4 is 5.32 Å². The van der Waals surface area contributed by atoms with Crippen molar-refractivity contribution in [2.45, 2.75) is 6.18 Å². The summed E-state index contributed by atoms with van der Waals surface area (Å²) in [6, 6.07) is 8.75.